The van der Waals surface area contributed by atoms with Gasteiger partial charge in [-0.1, -0.05) is 48.5 Å². The zero-order chi connectivity index (χ0) is 22.3. The van der Waals surface area contributed by atoms with Gasteiger partial charge in [0.25, 0.3) is 0 Å². The molecule has 0 saturated heterocycles. The van der Waals surface area contributed by atoms with Crippen LogP contribution in [0, 0.1) is 0 Å². The van der Waals surface area contributed by atoms with E-state index < -0.39 is 0 Å². The van der Waals surface area contributed by atoms with E-state index in [0.29, 0.717) is 37.1 Å². The summed E-state index contributed by atoms with van der Waals surface area (Å²) in [6.45, 7) is 5.57. The zero-order valence-electron chi connectivity index (χ0n) is 18.4. The molecule has 0 spiro atoms. The van der Waals surface area contributed by atoms with Crippen LogP contribution < -0.4 is 14.8 Å². The summed E-state index contributed by atoms with van der Waals surface area (Å²) in [5.41, 5.74) is 2.03. The van der Waals surface area contributed by atoms with Crippen LogP contribution in [0.15, 0.2) is 72.9 Å². The van der Waals surface area contributed by atoms with Crippen LogP contribution in [0.4, 0.5) is 5.82 Å². The number of carbonyl (C=O) groups is 1. The number of nitrogens with zero attached hydrogens (tertiary/aromatic N) is 2. The number of hydrogen-bond acceptors (Lipinski definition) is 4. The molecule has 4 rings (SSSR count). The number of carbonyl (C=O) groups excluding carboxylic acids is 1. The minimum Gasteiger partial charge on any atom is -0.490 e. The second kappa shape index (κ2) is 10.0. The molecule has 3 aromatic carbocycles. The highest BCUT2D eigenvalue weighted by Crippen LogP contribution is 2.29. The van der Waals surface area contributed by atoms with Crippen molar-refractivity contribution in [1.82, 2.24) is 9.78 Å². The number of benzene rings is 3. The number of hydrogen-bond donors (Lipinski definition) is 1. The summed E-state index contributed by atoms with van der Waals surface area (Å²) in [5.74, 6) is 1.74. The molecule has 1 N–H and O–H groups in total. The normalized spacial score (nSPS) is 10.8. The van der Waals surface area contributed by atoms with E-state index >= 15 is 0 Å². The van der Waals surface area contributed by atoms with Gasteiger partial charge in [0.1, 0.15) is 0 Å². The molecular weight excluding hydrogens is 402 g/mol. The van der Waals surface area contributed by atoms with Crippen molar-refractivity contribution in [2.75, 3.05) is 18.5 Å². The average molecular weight is 430 g/mol. The van der Waals surface area contributed by atoms with E-state index in [1.54, 1.807) is 0 Å². The first-order chi connectivity index (χ1) is 15.7. The minimum absolute atomic E-state index is 0.132. The van der Waals surface area contributed by atoms with Crippen molar-refractivity contribution in [3.8, 4) is 11.5 Å². The number of nitrogens with one attached hydrogen (secondary N) is 1. The van der Waals surface area contributed by atoms with Gasteiger partial charge in [0, 0.05) is 12.3 Å². The molecule has 6 nitrogen and oxygen atoms in total. The predicted octanol–water partition coefficient (Wildman–Crippen LogP) is 5.06. The van der Waals surface area contributed by atoms with E-state index in [4.69, 9.17) is 9.47 Å². The van der Waals surface area contributed by atoms with Gasteiger partial charge < -0.3 is 14.8 Å². The molecule has 6 heteroatoms. The van der Waals surface area contributed by atoms with Gasteiger partial charge in [0.15, 0.2) is 17.3 Å². The number of rotatable bonds is 9. The zero-order valence-corrected chi connectivity index (χ0v) is 18.4. The molecule has 164 valence electrons. The average Bonchev–Trinajstić information content (AvgIpc) is 3.22. The lowest BCUT2D eigenvalue weighted by Gasteiger charge is -2.12. The molecule has 0 saturated carbocycles. The number of fused-ring (bicyclic) bond motifs is 1. The lowest BCUT2D eigenvalue weighted by Crippen LogP contribution is -2.15. The summed E-state index contributed by atoms with van der Waals surface area (Å²) in [6.07, 6.45) is 2.10. The van der Waals surface area contributed by atoms with Gasteiger partial charge in [-0.25, -0.2) is 0 Å². The van der Waals surface area contributed by atoms with E-state index in [0.717, 1.165) is 5.56 Å². The van der Waals surface area contributed by atoms with Crippen LogP contribution in [0.5, 0.6) is 11.5 Å². The SMILES string of the molecule is CCOc1ccc(CC(=O)Nc2ccn(Cc3cccc4ccccc34)n2)cc1OCC. The number of amides is 1. The Bertz CT molecular complexity index is 1210. The third kappa shape index (κ3) is 5.09. The Kier molecular flexibility index (Phi) is 6.70. The molecule has 0 unspecified atom stereocenters. The van der Waals surface area contributed by atoms with Crippen LogP contribution in [-0.4, -0.2) is 28.9 Å². The highest BCUT2D eigenvalue weighted by Gasteiger charge is 2.11. The molecule has 32 heavy (non-hydrogen) atoms. The van der Waals surface area contributed by atoms with E-state index in [1.165, 1.54) is 16.3 Å². The molecular formula is C26H27N3O3. The van der Waals surface area contributed by atoms with Gasteiger partial charge in [-0.05, 0) is 47.9 Å². The van der Waals surface area contributed by atoms with Crippen LogP contribution in [0.1, 0.15) is 25.0 Å². The van der Waals surface area contributed by atoms with E-state index in [2.05, 4.69) is 40.7 Å². The van der Waals surface area contributed by atoms with Gasteiger partial charge in [0.05, 0.1) is 26.2 Å². The highest BCUT2D eigenvalue weighted by atomic mass is 16.5. The summed E-state index contributed by atoms with van der Waals surface area (Å²) >= 11 is 0. The van der Waals surface area contributed by atoms with Crippen molar-refractivity contribution in [2.45, 2.75) is 26.8 Å². The van der Waals surface area contributed by atoms with Crippen LogP contribution in [-0.2, 0) is 17.8 Å². The predicted molar refractivity (Wildman–Crippen MR) is 126 cm³/mol. The number of ether oxygens (including phenoxy) is 2. The fourth-order valence-corrected chi connectivity index (χ4v) is 3.70. The standard InChI is InChI=1S/C26H27N3O3/c1-3-31-23-13-12-19(16-24(23)32-4-2)17-26(30)27-25-14-15-29(28-25)18-21-10-7-9-20-8-5-6-11-22(20)21/h5-16H,3-4,17-18H2,1-2H3,(H,27,28,30). The Balaban J connectivity index is 1.41. The molecule has 1 heterocycles. The molecule has 0 bridgehead atoms. The first kappa shape index (κ1) is 21.4. The largest absolute Gasteiger partial charge is 0.490 e. The molecule has 0 aliphatic heterocycles. The third-order valence-corrected chi connectivity index (χ3v) is 5.09. The minimum atomic E-state index is -0.132. The van der Waals surface area contributed by atoms with Gasteiger partial charge in [-0.3, -0.25) is 9.48 Å². The summed E-state index contributed by atoms with van der Waals surface area (Å²) in [6, 6.07) is 21.9. The molecule has 4 aromatic rings. The number of anilines is 1. The van der Waals surface area contributed by atoms with Crippen molar-refractivity contribution in [3.05, 3.63) is 84.1 Å². The molecule has 0 atom stereocenters. The van der Waals surface area contributed by atoms with Crippen LogP contribution >= 0.6 is 0 Å². The Morgan fingerprint density at radius 3 is 2.56 bits per heavy atom. The van der Waals surface area contributed by atoms with Crippen molar-refractivity contribution in [1.29, 1.82) is 0 Å². The fraction of sp³-hybridized carbons (Fsp3) is 0.231. The first-order valence-electron chi connectivity index (χ1n) is 10.8. The molecule has 1 amide bonds. The second-order valence-electron chi connectivity index (χ2n) is 7.41. The van der Waals surface area contributed by atoms with E-state index in [1.807, 2.05) is 61.1 Å². The summed E-state index contributed by atoms with van der Waals surface area (Å²) in [5, 5.41) is 9.81. The molecule has 0 fully saturated rings. The van der Waals surface area contributed by atoms with Gasteiger partial charge in [0.2, 0.25) is 5.91 Å². The van der Waals surface area contributed by atoms with Gasteiger partial charge >= 0.3 is 0 Å². The highest BCUT2D eigenvalue weighted by molar-refractivity contribution is 5.91. The maximum absolute atomic E-state index is 12.6. The lowest BCUT2D eigenvalue weighted by atomic mass is 10.0. The Labute approximate surface area is 187 Å². The van der Waals surface area contributed by atoms with Crippen molar-refractivity contribution in [2.24, 2.45) is 0 Å². The molecule has 0 aliphatic rings. The summed E-state index contributed by atoms with van der Waals surface area (Å²) in [7, 11) is 0. The fourth-order valence-electron chi connectivity index (χ4n) is 3.70. The van der Waals surface area contributed by atoms with Crippen molar-refractivity contribution >= 4 is 22.5 Å². The molecule has 0 radical (unpaired) electrons. The van der Waals surface area contributed by atoms with E-state index in [9.17, 15) is 4.79 Å². The lowest BCUT2D eigenvalue weighted by molar-refractivity contribution is -0.115. The summed E-state index contributed by atoms with van der Waals surface area (Å²) in [4.78, 5) is 12.6. The third-order valence-electron chi connectivity index (χ3n) is 5.09. The van der Waals surface area contributed by atoms with Gasteiger partial charge in [-0.15, -0.1) is 0 Å². The Morgan fingerprint density at radius 2 is 1.72 bits per heavy atom. The van der Waals surface area contributed by atoms with Gasteiger partial charge in [-0.2, -0.15) is 5.10 Å². The molecule has 0 aliphatic carbocycles. The number of aromatic nitrogens is 2. The van der Waals surface area contributed by atoms with Crippen molar-refractivity contribution < 1.29 is 14.3 Å². The van der Waals surface area contributed by atoms with Crippen LogP contribution in [0.25, 0.3) is 10.8 Å². The topological polar surface area (TPSA) is 65.4 Å². The Morgan fingerprint density at radius 1 is 0.938 bits per heavy atom. The summed E-state index contributed by atoms with van der Waals surface area (Å²) < 4.78 is 13.1. The quantitative estimate of drug-likeness (QED) is 0.404. The Hall–Kier alpha value is -3.80. The van der Waals surface area contributed by atoms with Crippen LogP contribution in [0.3, 0.4) is 0 Å². The smallest absolute Gasteiger partial charge is 0.229 e. The van der Waals surface area contributed by atoms with E-state index in [-0.39, 0.29) is 12.3 Å². The van der Waals surface area contributed by atoms with Crippen LogP contribution in [0.2, 0.25) is 0 Å². The monoisotopic (exact) mass is 429 g/mol. The maximum Gasteiger partial charge on any atom is 0.229 e. The first-order valence-corrected chi connectivity index (χ1v) is 10.8. The maximum atomic E-state index is 12.6. The van der Waals surface area contributed by atoms with Crippen molar-refractivity contribution in [3.63, 3.8) is 0 Å². The second-order valence-corrected chi connectivity index (χ2v) is 7.41. The molecule has 1 aromatic heterocycles.